The Kier molecular flexibility index (Phi) is 5.28. The van der Waals surface area contributed by atoms with Crippen molar-refractivity contribution < 1.29 is 13.7 Å². The highest BCUT2D eigenvalue weighted by atomic mass is 28.4. The molecule has 0 radical (unpaired) electrons. The van der Waals surface area contributed by atoms with E-state index in [1.807, 2.05) is 25.1 Å². The van der Waals surface area contributed by atoms with Crippen molar-refractivity contribution in [1.29, 1.82) is 0 Å². The zero-order valence-corrected chi connectivity index (χ0v) is 16.3. The van der Waals surface area contributed by atoms with Gasteiger partial charge in [0.05, 0.1) is 12.1 Å². The van der Waals surface area contributed by atoms with Gasteiger partial charge in [0.1, 0.15) is 11.5 Å². The summed E-state index contributed by atoms with van der Waals surface area (Å²) in [5, 5.41) is 4.04. The van der Waals surface area contributed by atoms with Crippen LogP contribution in [0.1, 0.15) is 38.5 Å². The van der Waals surface area contributed by atoms with Crippen LogP contribution in [0.15, 0.2) is 28.9 Å². The molecule has 0 atom stereocenters. The van der Waals surface area contributed by atoms with Gasteiger partial charge in [0.25, 0.3) is 14.3 Å². The molecule has 0 aliphatic rings. The lowest BCUT2D eigenvalue weighted by Gasteiger charge is -2.35. The van der Waals surface area contributed by atoms with Gasteiger partial charge in [-0.3, -0.25) is 9.78 Å². The van der Waals surface area contributed by atoms with E-state index < -0.39 is 8.32 Å². The first kappa shape index (κ1) is 18.4. The van der Waals surface area contributed by atoms with Crippen LogP contribution in [0.2, 0.25) is 18.1 Å². The number of carbonyl (C=O) groups excluding carboxylic acids is 1. The first-order chi connectivity index (χ1) is 11.1. The fourth-order valence-electron chi connectivity index (χ4n) is 1.88. The Hall–Kier alpha value is -1.95. The standard InChI is InChI=1S/C18H26N2O3Si/c1-13-7-9-15(19-12-13)16-11-14(22-20-16)8-10-17(21)23-24(5,6)18(2,3)4/h7,9,11-12H,8,10H2,1-6H3. The highest BCUT2D eigenvalue weighted by molar-refractivity contribution is 6.75. The predicted octanol–water partition coefficient (Wildman–Crippen LogP) is 4.53. The molecule has 2 aromatic rings. The SMILES string of the molecule is Cc1ccc(-c2cc(CCC(=O)O[Si](C)(C)C(C)(C)C)on2)nc1. The molecule has 24 heavy (non-hydrogen) atoms. The van der Waals surface area contributed by atoms with Gasteiger partial charge in [-0.2, -0.15) is 0 Å². The number of nitrogens with zero attached hydrogens (tertiary/aromatic N) is 2. The lowest BCUT2D eigenvalue weighted by molar-refractivity contribution is -0.135. The van der Waals surface area contributed by atoms with Crippen LogP contribution < -0.4 is 0 Å². The summed E-state index contributed by atoms with van der Waals surface area (Å²) >= 11 is 0. The first-order valence-electron chi connectivity index (χ1n) is 8.19. The molecule has 0 spiro atoms. The molecular weight excluding hydrogens is 320 g/mol. The summed E-state index contributed by atoms with van der Waals surface area (Å²) in [6.07, 6.45) is 2.56. The molecule has 6 heteroatoms. The average Bonchev–Trinajstić information content (AvgIpc) is 2.93. The summed E-state index contributed by atoms with van der Waals surface area (Å²) in [6, 6.07) is 5.72. The van der Waals surface area contributed by atoms with Crippen LogP contribution in [-0.4, -0.2) is 24.4 Å². The van der Waals surface area contributed by atoms with Crippen molar-refractivity contribution in [2.45, 2.75) is 58.7 Å². The zero-order chi connectivity index (χ0) is 18.0. The molecule has 0 saturated carbocycles. The van der Waals surface area contributed by atoms with Gasteiger partial charge >= 0.3 is 0 Å². The van der Waals surface area contributed by atoms with E-state index in [0.29, 0.717) is 24.3 Å². The Morgan fingerprint density at radius 2 is 1.96 bits per heavy atom. The van der Waals surface area contributed by atoms with E-state index in [9.17, 15) is 4.79 Å². The third kappa shape index (κ3) is 4.53. The zero-order valence-electron chi connectivity index (χ0n) is 15.3. The third-order valence-corrected chi connectivity index (χ3v) is 8.83. The van der Waals surface area contributed by atoms with E-state index in [-0.39, 0.29) is 11.0 Å². The molecule has 0 aliphatic heterocycles. The van der Waals surface area contributed by atoms with Gasteiger partial charge in [-0.1, -0.05) is 32.0 Å². The van der Waals surface area contributed by atoms with Gasteiger partial charge in [-0.25, -0.2) is 0 Å². The Bertz CT molecular complexity index is 700. The van der Waals surface area contributed by atoms with Gasteiger partial charge in [-0.15, -0.1) is 0 Å². The molecule has 0 aromatic carbocycles. The van der Waals surface area contributed by atoms with Gasteiger partial charge < -0.3 is 8.95 Å². The van der Waals surface area contributed by atoms with Crippen LogP contribution in [0.3, 0.4) is 0 Å². The number of aromatic nitrogens is 2. The maximum Gasteiger partial charge on any atom is 0.292 e. The highest BCUT2D eigenvalue weighted by Crippen LogP contribution is 2.36. The van der Waals surface area contributed by atoms with Gasteiger partial charge in [0, 0.05) is 18.7 Å². The molecule has 0 amide bonds. The molecule has 130 valence electrons. The van der Waals surface area contributed by atoms with Gasteiger partial charge in [-0.05, 0) is 36.7 Å². The Morgan fingerprint density at radius 1 is 1.25 bits per heavy atom. The summed E-state index contributed by atoms with van der Waals surface area (Å²) in [6.45, 7) is 12.5. The van der Waals surface area contributed by atoms with Gasteiger partial charge in [0.15, 0.2) is 0 Å². The summed E-state index contributed by atoms with van der Waals surface area (Å²) in [5.41, 5.74) is 2.54. The number of pyridine rings is 1. The van der Waals surface area contributed by atoms with Crippen molar-refractivity contribution in [3.63, 3.8) is 0 Å². The second kappa shape index (κ2) is 6.89. The summed E-state index contributed by atoms with van der Waals surface area (Å²) < 4.78 is 11.1. The van der Waals surface area contributed by atoms with E-state index in [4.69, 9.17) is 8.95 Å². The highest BCUT2D eigenvalue weighted by Gasteiger charge is 2.40. The molecule has 0 fully saturated rings. The Labute approximate surface area is 144 Å². The van der Waals surface area contributed by atoms with E-state index >= 15 is 0 Å². The van der Waals surface area contributed by atoms with Crippen LogP contribution in [0.4, 0.5) is 0 Å². The second-order valence-corrected chi connectivity index (χ2v) is 12.4. The van der Waals surface area contributed by atoms with Crippen LogP contribution in [0.25, 0.3) is 11.4 Å². The van der Waals surface area contributed by atoms with Crippen molar-refractivity contribution in [1.82, 2.24) is 10.1 Å². The van der Waals surface area contributed by atoms with Crippen molar-refractivity contribution >= 4 is 14.3 Å². The molecule has 0 aliphatic carbocycles. The van der Waals surface area contributed by atoms with Crippen LogP contribution in [-0.2, 0) is 15.6 Å². The third-order valence-electron chi connectivity index (χ3n) is 4.48. The summed E-state index contributed by atoms with van der Waals surface area (Å²) in [7, 11) is -2.06. The number of rotatable bonds is 5. The van der Waals surface area contributed by atoms with E-state index in [2.05, 4.69) is 44.0 Å². The van der Waals surface area contributed by atoms with Crippen molar-refractivity contribution in [3.05, 3.63) is 35.7 Å². The quantitative estimate of drug-likeness (QED) is 0.744. The van der Waals surface area contributed by atoms with Crippen molar-refractivity contribution in [2.24, 2.45) is 0 Å². The first-order valence-corrected chi connectivity index (χ1v) is 11.1. The van der Waals surface area contributed by atoms with Crippen LogP contribution >= 0.6 is 0 Å². The fraction of sp³-hybridized carbons (Fsp3) is 0.500. The van der Waals surface area contributed by atoms with Crippen molar-refractivity contribution in [2.75, 3.05) is 0 Å². The fourth-order valence-corrected chi connectivity index (χ4v) is 2.86. The minimum absolute atomic E-state index is 0.0131. The van der Waals surface area contributed by atoms with E-state index in [0.717, 1.165) is 11.3 Å². The topological polar surface area (TPSA) is 65.2 Å². The predicted molar refractivity (Wildman–Crippen MR) is 96.1 cm³/mol. The lowest BCUT2D eigenvalue weighted by Crippen LogP contribution is -2.42. The number of aryl methyl sites for hydroxylation is 2. The van der Waals surface area contributed by atoms with Crippen molar-refractivity contribution in [3.8, 4) is 11.4 Å². The molecular formula is C18H26N2O3Si. The normalized spacial score (nSPS) is 12.2. The second-order valence-electron chi connectivity index (χ2n) is 7.63. The Balaban J connectivity index is 1.94. The van der Waals surface area contributed by atoms with Crippen LogP contribution in [0, 0.1) is 6.92 Å². The van der Waals surface area contributed by atoms with E-state index in [1.165, 1.54) is 0 Å². The molecule has 2 heterocycles. The van der Waals surface area contributed by atoms with Crippen LogP contribution in [0.5, 0.6) is 0 Å². The summed E-state index contributed by atoms with van der Waals surface area (Å²) in [4.78, 5) is 16.5. The van der Waals surface area contributed by atoms with E-state index in [1.54, 1.807) is 6.20 Å². The molecule has 0 bridgehead atoms. The lowest BCUT2D eigenvalue weighted by atomic mass is 10.2. The Morgan fingerprint density at radius 3 is 2.54 bits per heavy atom. The largest absolute Gasteiger partial charge is 0.519 e. The summed E-state index contributed by atoms with van der Waals surface area (Å²) in [5.74, 6) is 0.493. The number of hydrogen-bond donors (Lipinski definition) is 0. The monoisotopic (exact) mass is 346 g/mol. The van der Waals surface area contributed by atoms with Gasteiger partial charge in [0.2, 0.25) is 0 Å². The molecule has 2 aromatic heterocycles. The smallest absolute Gasteiger partial charge is 0.292 e. The minimum Gasteiger partial charge on any atom is -0.519 e. The maximum atomic E-state index is 12.1. The molecule has 0 unspecified atom stereocenters. The molecule has 5 nitrogen and oxygen atoms in total. The average molecular weight is 347 g/mol. The molecule has 0 N–H and O–H groups in total. The minimum atomic E-state index is -2.06. The number of hydrogen-bond acceptors (Lipinski definition) is 5. The molecule has 0 saturated heterocycles. The molecule has 2 rings (SSSR count). The maximum absolute atomic E-state index is 12.1. The number of carbonyl (C=O) groups is 1.